The lowest BCUT2D eigenvalue weighted by molar-refractivity contribution is 0.575. The van der Waals surface area contributed by atoms with Crippen molar-refractivity contribution in [1.82, 2.24) is 15.2 Å². The summed E-state index contributed by atoms with van der Waals surface area (Å²) in [4.78, 5) is 16.0. The van der Waals surface area contributed by atoms with Crippen LogP contribution in [0.2, 0.25) is 0 Å². The summed E-state index contributed by atoms with van der Waals surface area (Å²) in [6.07, 6.45) is 1.84. The van der Waals surface area contributed by atoms with Crippen LogP contribution < -0.4 is 16.2 Å². The molecule has 0 radical (unpaired) electrons. The molecule has 0 saturated carbocycles. The molecule has 0 aliphatic rings. The number of benzene rings is 1. The molecule has 5 nitrogen and oxygen atoms in total. The SMILES string of the molecule is CN=C(NCCCCn1c(C)cccc1=O)NCc1ccc(F)c(C)c1. The van der Waals surface area contributed by atoms with Crippen LogP contribution in [0.1, 0.15) is 29.7 Å². The van der Waals surface area contributed by atoms with Crippen LogP contribution in [0.25, 0.3) is 0 Å². The van der Waals surface area contributed by atoms with Crippen molar-refractivity contribution in [3.05, 3.63) is 69.4 Å². The molecule has 26 heavy (non-hydrogen) atoms. The molecule has 2 rings (SSSR count). The number of aryl methyl sites for hydroxylation is 2. The summed E-state index contributed by atoms with van der Waals surface area (Å²) in [5, 5.41) is 6.48. The van der Waals surface area contributed by atoms with E-state index in [1.165, 1.54) is 6.07 Å². The van der Waals surface area contributed by atoms with Crippen molar-refractivity contribution < 1.29 is 4.39 Å². The summed E-state index contributed by atoms with van der Waals surface area (Å²) in [5.74, 6) is 0.518. The molecule has 1 aromatic carbocycles. The maximum Gasteiger partial charge on any atom is 0.250 e. The van der Waals surface area contributed by atoms with Crippen molar-refractivity contribution in [3.8, 4) is 0 Å². The average molecular weight is 358 g/mol. The Hall–Kier alpha value is -2.63. The molecule has 0 unspecified atom stereocenters. The van der Waals surface area contributed by atoms with E-state index in [1.54, 1.807) is 36.7 Å². The van der Waals surface area contributed by atoms with Gasteiger partial charge in [-0.1, -0.05) is 18.2 Å². The number of aromatic nitrogens is 1. The third kappa shape index (κ3) is 5.72. The molecular weight excluding hydrogens is 331 g/mol. The van der Waals surface area contributed by atoms with Crippen LogP contribution >= 0.6 is 0 Å². The van der Waals surface area contributed by atoms with Crippen LogP contribution in [0.4, 0.5) is 4.39 Å². The number of hydrogen-bond donors (Lipinski definition) is 2. The maximum absolute atomic E-state index is 13.3. The molecule has 0 amide bonds. The lowest BCUT2D eigenvalue weighted by Gasteiger charge is -2.13. The van der Waals surface area contributed by atoms with E-state index in [9.17, 15) is 9.18 Å². The fourth-order valence-corrected chi connectivity index (χ4v) is 2.73. The normalized spacial score (nSPS) is 11.5. The lowest BCUT2D eigenvalue weighted by atomic mass is 10.1. The number of nitrogens with one attached hydrogen (secondary N) is 2. The van der Waals surface area contributed by atoms with Gasteiger partial charge in [0.25, 0.3) is 5.56 Å². The maximum atomic E-state index is 13.3. The summed E-state index contributed by atoms with van der Waals surface area (Å²) in [6, 6.07) is 10.4. The Morgan fingerprint density at radius 2 is 1.96 bits per heavy atom. The van der Waals surface area contributed by atoms with Gasteiger partial charge in [-0.3, -0.25) is 9.79 Å². The minimum absolute atomic E-state index is 0.0463. The molecule has 1 aromatic heterocycles. The van der Waals surface area contributed by atoms with E-state index < -0.39 is 0 Å². The lowest BCUT2D eigenvalue weighted by Crippen LogP contribution is -2.37. The van der Waals surface area contributed by atoms with Gasteiger partial charge in [-0.2, -0.15) is 0 Å². The van der Waals surface area contributed by atoms with Gasteiger partial charge in [0.1, 0.15) is 5.82 Å². The minimum atomic E-state index is -0.191. The van der Waals surface area contributed by atoms with E-state index in [0.717, 1.165) is 30.6 Å². The number of guanidine groups is 1. The molecule has 2 N–H and O–H groups in total. The second-order valence-electron chi connectivity index (χ2n) is 6.30. The first-order valence-electron chi connectivity index (χ1n) is 8.87. The van der Waals surface area contributed by atoms with Gasteiger partial charge in [0.2, 0.25) is 0 Å². The van der Waals surface area contributed by atoms with Gasteiger partial charge in [0.15, 0.2) is 5.96 Å². The van der Waals surface area contributed by atoms with Gasteiger partial charge in [-0.15, -0.1) is 0 Å². The zero-order chi connectivity index (χ0) is 18.9. The van der Waals surface area contributed by atoms with E-state index in [2.05, 4.69) is 15.6 Å². The van der Waals surface area contributed by atoms with Gasteiger partial charge < -0.3 is 15.2 Å². The van der Waals surface area contributed by atoms with Gasteiger partial charge in [0, 0.05) is 38.4 Å². The number of halogens is 1. The zero-order valence-electron chi connectivity index (χ0n) is 15.7. The molecule has 0 bridgehead atoms. The minimum Gasteiger partial charge on any atom is -0.356 e. The third-order valence-corrected chi connectivity index (χ3v) is 4.27. The van der Waals surface area contributed by atoms with Crippen LogP contribution in [0, 0.1) is 19.7 Å². The first-order chi connectivity index (χ1) is 12.5. The Bertz CT molecular complexity index is 814. The fraction of sp³-hybridized carbons (Fsp3) is 0.400. The molecule has 140 valence electrons. The smallest absolute Gasteiger partial charge is 0.250 e. The van der Waals surface area contributed by atoms with Crippen molar-refractivity contribution in [2.24, 2.45) is 4.99 Å². The number of aliphatic imine (C=N–C) groups is 1. The Labute approximate surface area is 154 Å². The molecule has 0 aliphatic carbocycles. The molecule has 2 aromatic rings. The topological polar surface area (TPSA) is 58.4 Å². The average Bonchev–Trinajstić information content (AvgIpc) is 2.62. The molecule has 6 heteroatoms. The predicted molar refractivity (Wildman–Crippen MR) is 104 cm³/mol. The Balaban J connectivity index is 1.72. The molecule has 0 aliphatic heterocycles. The van der Waals surface area contributed by atoms with Crippen molar-refractivity contribution in [3.63, 3.8) is 0 Å². The van der Waals surface area contributed by atoms with E-state index >= 15 is 0 Å². The molecule has 0 atom stereocenters. The van der Waals surface area contributed by atoms with Crippen LogP contribution in [-0.4, -0.2) is 24.1 Å². The number of pyridine rings is 1. The Kier molecular flexibility index (Phi) is 7.38. The summed E-state index contributed by atoms with van der Waals surface area (Å²) >= 11 is 0. The first-order valence-corrected chi connectivity index (χ1v) is 8.87. The van der Waals surface area contributed by atoms with E-state index in [0.29, 0.717) is 24.6 Å². The second-order valence-corrected chi connectivity index (χ2v) is 6.30. The van der Waals surface area contributed by atoms with E-state index in [1.807, 2.05) is 19.1 Å². The fourth-order valence-electron chi connectivity index (χ4n) is 2.73. The van der Waals surface area contributed by atoms with Gasteiger partial charge >= 0.3 is 0 Å². The second kappa shape index (κ2) is 9.75. The van der Waals surface area contributed by atoms with Gasteiger partial charge in [-0.25, -0.2) is 4.39 Å². The summed E-state index contributed by atoms with van der Waals surface area (Å²) in [6.45, 7) is 5.77. The van der Waals surface area contributed by atoms with Crippen molar-refractivity contribution in [2.45, 2.75) is 39.8 Å². The van der Waals surface area contributed by atoms with Crippen molar-refractivity contribution in [2.75, 3.05) is 13.6 Å². The number of nitrogens with zero attached hydrogens (tertiary/aromatic N) is 2. The Morgan fingerprint density at radius 3 is 2.65 bits per heavy atom. The van der Waals surface area contributed by atoms with Crippen LogP contribution in [0.5, 0.6) is 0 Å². The Morgan fingerprint density at radius 1 is 1.15 bits per heavy atom. The van der Waals surface area contributed by atoms with Crippen LogP contribution in [-0.2, 0) is 13.1 Å². The summed E-state index contributed by atoms with van der Waals surface area (Å²) in [5.41, 5.74) is 2.67. The predicted octanol–water partition coefficient (Wildman–Crippen LogP) is 2.75. The molecule has 0 spiro atoms. The van der Waals surface area contributed by atoms with Crippen molar-refractivity contribution in [1.29, 1.82) is 0 Å². The number of unbranched alkanes of at least 4 members (excludes halogenated alkanes) is 1. The van der Waals surface area contributed by atoms with Crippen LogP contribution in [0.3, 0.4) is 0 Å². The van der Waals surface area contributed by atoms with E-state index in [-0.39, 0.29) is 11.4 Å². The zero-order valence-corrected chi connectivity index (χ0v) is 15.7. The quantitative estimate of drug-likeness (QED) is 0.455. The molecule has 1 heterocycles. The summed E-state index contributed by atoms with van der Waals surface area (Å²) < 4.78 is 15.1. The molecule has 0 fully saturated rings. The number of hydrogen-bond acceptors (Lipinski definition) is 2. The standard InChI is InChI=1S/C20H27FN4O/c1-15-13-17(9-10-18(15)21)14-24-20(22-3)23-11-4-5-12-25-16(2)7-6-8-19(25)26/h6-10,13H,4-5,11-12,14H2,1-3H3,(H2,22,23,24). The van der Waals surface area contributed by atoms with Crippen LogP contribution in [0.15, 0.2) is 46.2 Å². The third-order valence-electron chi connectivity index (χ3n) is 4.27. The first kappa shape index (κ1) is 19.7. The van der Waals surface area contributed by atoms with Crippen molar-refractivity contribution >= 4 is 5.96 Å². The van der Waals surface area contributed by atoms with Gasteiger partial charge in [-0.05, 0) is 49.9 Å². The van der Waals surface area contributed by atoms with E-state index in [4.69, 9.17) is 0 Å². The highest BCUT2D eigenvalue weighted by Crippen LogP contribution is 2.08. The van der Waals surface area contributed by atoms with Gasteiger partial charge in [0.05, 0.1) is 0 Å². The monoisotopic (exact) mass is 358 g/mol. The summed E-state index contributed by atoms with van der Waals surface area (Å²) in [7, 11) is 1.72. The largest absolute Gasteiger partial charge is 0.356 e. The highest BCUT2D eigenvalue weighted by atomic mass is 19.1. The highest BCUT2D eigenvalue weighted by Gasteiger charge is 2.02. The molecule has 0 saturated heterocycles. The molecular formula is C20H27FN4O. The number of rotatable bonds is 7. The highest BCUT2D eigenvalue weighted by molar-refractivity contribution is 5.79.